The lowest BCUT2D eigenvalue weighted by Crippen LogP contribution is -1.92. The molecule has 80 valence electrons. The van der Waals surface area contributed by atoms with Gasteiger partial charge in [-0.15, -0.1) is 0 Å². The fourth-order valence-electron chi connectivity index (χ4n) is 1.50. The molecule has 0 N–H and O–H groups in total. The van der Waals surface area contributed by atoms with Crippen molar-refractivity contribution in [2.45, 2.75) is 0 Å². The summed E-state index contributed by atoms with van der Waals surface area (Å²) in [6.45, 7) is 0. The molecule has 0 fully saturated rings. The van der Waals surface area contributed by atoms with Gasteiger partial charge < -0.3 is 9.15 Å². The molecule has 0 unspecified atom stereocenters. The summed E-state index contributed by atoms with van der Waals surface area (Å²) in [4.78, 5) is 0. The van der Waals surface area contributed by atoms with E-state index >= 15 is 0 Å². The van der Waals surface area contributed by atoms with Crippen LogP contribution in [0.4, 0.5) is 0 Å². The van der Waals surface area contributed by atoms with E-state index in [9.17, 15) is 0 Å². The molecule has 4 heteroatoms. The van der Waals surface area contributed by atoms with Crippen LogP contribution in [0.1, 0.15) is 5.56 Å². The number of furan rings is 1. The molecule has 0 aliphatic heterocycles. The zero-order valence-corrected chi connectivity index (χ0v) is 10.1. The highest BCUT2D eigenvalue weighted by atomic mass is 79.9. The average Bonchev–Trinajstić information content (AvgIpc) is 2.81. The summed E-state index contributed by atoms with van der Waals surface area (Å²) in [7, 11) is 1.53. The Bertz CT molecular complexity index is 541. The van der Waals surface area contributed by atoms with Crippen molar-refractivity contribution in [3.05, 3.63) is 40.6 Å². The Kier molecular flexibility index (Phi) is 2.97. The minimum Gasteiger partial charge on any atom is -0.494 e. The number of halogens is 1. The van der Waals surface area contributed by atoms with Crippen LogP contribution in [0.15, 0.2) is 39.4 Å². The minimum atomic E-state index is 0.465. The molecule has 3 nitrogen and oxygen atoms in total. The maximum atomic E-state index is 9.16. The Morgan fingerprint density at radius 2 is 2.19 bits per heavy atom. The van der Waals surface area contributed by atoms with E-state index in [-0.39, 0.29) is 0 Å². The van der Waals surface area contributed by atoms with Gasteiger partial charge in [0.2, 0.25) is 0 Å². The summed E-state index contributed by atoms with van der Waals surface area (Å²) in [5.74, 6) is 1.18. The molecule has 1 aromatic heterocycles. The SMILES string of the molecule is COc1c(Br)ccc(-c2ccco2)c1C#N. The lowest BCUT2D eigenvalue weighted by molar-refractivity contribution is 0.411. The van der Waals surface area contributed by atoms with Crippen molar-refractivity contribution < 1.29 is 9.15 Å². The second kappa shape index (κ2) is 4.42. The number of hydrogen-bond acceptors (Lipinski definition) is 3. The van der Waals surface area contributed by atoms with Crippen LogP contribution in [0.25, 0.3) is 11.3 Å². The number of nitriles is 1. The van der Waals surface area contributed by atoms with Crippen LogP contribution in [0.5, 0.6) is 5.75 Å². The van der Waals surface area contributed by atoms with E-state index in [1.807, 2.05) is 18.2 Å². The molecule has 16 heavy (non-hydrogen) atoms. The first kappa shape index (κ1) is 10.8. The Morgan fingerprint density at radius 3 is 2.75 bits per heavy atom. The van der Waals surface area contributed by atoms with Crippen molar-refractivity contribution in [2.75, 3.05) is 7.11 Å². The molecule has 0 saturated carbocycles. The maximum Gasteiger partial charge on any atom is 0.151 e. The lowest BCUT2D eigenvalue weighted by atomic mass is 10.1. The first-order valence-corrected chi connectivity index (χ1v) is 5.37. The normalized spacial score (nSPS) is 9.81. The molecule has 1 aromatic carbocycles. The third kappa shape index (κ3) is 1.70. The van der Waals surface area contributed by atoms with E-state index in [1.165, 1.54) is 7.11 Å². The Labute approximate surface area is 101 Å². The maximum absolute atomic E-state index is 9.16. The summed E-state index contributed by atoms with van der Waals surface area (Å²) in [6, 6.07) is 9.38. The van der Waals surface area contributed by atoms with Crippen LogP contribution in [0.3, 0.4) is 0 Å². The molecule has 0 bridgehead atoms. The van der Waals surface area contributed by atoms with Gasteiger partial charge in [-0.05, 0) is 40.2 Å². The van der Waals surface area contributed by atoms with Crippen LogP contribution in [0, 0.1) is 11.3 Å². The fourth-order valence-corrected chi connectivity index (χ4v) is 2.00. The topological polar surface area (TPSA) is 46.2 Å². The van der Waals surface area contributed by atoms with Gasteiger partial charge in [-0.25, -0.2) is 0 Å². The van der Waals surface area contributed by atoms with Crippen molar-refractivity contribution in [3.8, 4) is 23.1 Å². The van der Waals surface area contributed by atoms with E-state index in [4.69, 9.17) is 14.4 Å². The monoisotopic (exact) mass is 277 g/mol. The number of benzene rings is 1. The smallest absolute Gasteiger partial charge is 0.151 e. The number of hydrogen-bond donors (Lipinski definition) is 0. The number of nitrogens with zero attached hydrogens (tertiary/aromatic N) is 1. The first-order valence-electron chi connectivity index (χ1n) is 4.58. The number of ether oxygens (including phenoxy) is 1. The molecular formula is C12H8BrNO2. The van der Waals surface area contributed by atoms with Crippen molar-refractivity contribution in [3.63, 3.8) is 0 Å². The van der Waals surface area contributed by atoms with Gasteiger partial charge >= 0.3 is 0 Å². The number of methoxy groups -OCH3 is 1. The second-order valence-electron chi connectivity index (χ2n) is 3.09. The lowest BCUT2D eigenvalue weighted by Gasteiger charge is -2.08. The van der Waals surface area contributed by atoms with Gasteiger partial charge in [0, 0.05) is 5.56 Å². The largest absolute Gasteiger partial charge is 0.494 e. The van der Waals surface area contributed by atoms with Gasteiger partial charge in [0.15, 0.2) is 5.75 Å². The van der Waals surface area contributed by atoms with Crippen LogP contribution in [-0.2, 0) is 0 Å². The van der Waals surface area contributed by atoms with Crippen molar-refractivity contribution in [1.82, 2.24) is 0 Å². The van der Waals surface area contributed by atoms with E-state index in [0.29, 0.717) is 17.1 Å². The first-order chi connectivity index (χ1) is 7.77. The van der Waals surface area contributed by atoms with Gasteiger partial charge in [0.05, 0.1) is 17.8 Å². The Balaban J connectivity index is 2.69. The highest BCUT2D eigenvalue weighted by molar-refractivity contribution is 9.10. The molecule has 0 aliphatic carbocycles. The summed E-state index contributed by atoms with van der Waals surface area (Å²) >= 11 is 3.34. The molecule has 0 saturated heterocycles. The van der Waals surface area contributed by atoms with Gasteiger partial charge in [0.25, 0.3) is 0 Å². The Hall–Kier alpha value is -1.73. The summed E-state index contributed by atoms with van der Waals surface area (Å²) in [6.07, 6.45) is 1.57. The van der Waals surface area contributed by atoms with Gasteiger partial charge in [-0.3, -0.25) is 0 Å². The van der Waals surface area contributed by atoms with E-state index in [2.05, 4.69) is 22.0 Å². The average molecular weight is 278 g/mol. The summed E-state index contributed by atoms with van der Waals surface area (Å²) in [5.41, 5.74) is 1.19. The highest BCUT2D eigenvalue weighted by Crippen LogP contribution is 2.35. The van der Waals surface area contributed by atoms with Crippen molar-refractivity contribution >= 4 is 15.9 Å². The fraction of sp³-hybridized carbons (Fsp3) is 0.0833. The zero-order valence-electron chi connectivity index (χ0n) is 8.53. The van der Waals surface area contributed by atoms with Crippen LogP contribution < -0.4 is 4.74 Å². The standard InChI is InChI=1S/C12H8BrNO2/c1-15-12-9(7-14)8(4-5-10(12)13)11-3-2-6-16-11/h2-6H,1H3. The molecule has 0 amide bonds. The molecule has 0 aliphatic rings. The van der Waals surface area contributed by atoms with E-state index < -0.39 is 0 Å². The Morgan fingerprint density at radius 1 is 1.38 bits per heavy atom. The van der Waals surface area contributed by atoms with Gasteiger partial charge in [-0.1, -0.05) is 0 Å². The highest BCUT2D eigenvalue weighted by Gasteiger charge is 2.15. The van der Waals surface area contributed by atoms with E-state index in [0.717, 1.165) is 10.0 Å². The van der Waals surface area contributed by atoms with Crippen LogP contribution >= 0.6 is 15.9 Å². The van der Waals surface area contributed by atoms with Crippen LogP contribution in [0.2, 0.25) is 0 Å². The molecule has 2 aromatic rings. The van der Waals surface area contributed by atoms with E-state index in [1.54, 1.807) is 12.3 Å². The summed E-state index contributed by atoms with van der Waals surface area (Å²) in [5, 5.41) is 9.16. The third-order valence-corrected chi connectivity index (χ3v) is 2.84. The van der Waals surface area contributed by atoms with Crippen LogP contribution in [-0.4, -0.2) is 7.11 Å². The molecule has 0 atom stereocenters. The quantitative estimate of drug-likeness (QED) is 0.843. The molecule has 1 heterocycles. The molecule has 0 spiro atoms. The van der Waals surface area contributed by atoms with Crippen molar-refractivity contribution in [2.24, 2.45) is 0 Å². The minimum absolute atomic E-state index is 0.465. The molecule has 0 radical (unpaired) electrons. The predicted molar refractivity (Wildman–Crippen MR) is 63.1 cm³/mol. The number of rotatable bonds is 2. The zero-order chi connectivity index (χ0) is 11.5. The predicted octanol–water partition coefficient (Wildman–Crippen LogP) is 3.59. The summed E-state index contributed by atoms with van der Waals surface area (Å²) < 4.78 is 11.2. The third-order valence-electron chi connectivity index (χ3n) is 2.21. The molecular weight excluding hydrogens is 270 g/mol. The van der Waals surface area contributed by atoms with Gasteiger partial charge in [0.1, 0.15) is 17.4 Å². The van der Waals surface area contributed by atoms with Gasteiger partial charge in [-0.2, -0.15) is 5.26 Å². The van der Waals surface area contributed by atoms with Crippen molar-refractivity contribution in [1.29, 1.82) is 5.26 Å². The second-order valence-corrected chi connectivity index (χ2v) is 3.95. The molecule has 2 rings (SSSR count).